The van der Waals surface area contributed by atoms with Gasteiger partial charge in [0.2, 0.25) is 5.28 Å². The first-order valence-corrected chi connectivity index (χ1v) is 10.6. The number of nitrogens with zero attached hydrogens (tertiary/aromatic N) is 3. The van der Waals surface area contributed by atoms with E-state index in [4.69, 9.17) is 25.8 Å². The predicted octanol–water partition coefficient (Wildman–Crippen LogP) is 3.71. The van der Waals surface area contributed by atoms with Crippen molar-refractivity contribution in [3.63, 3.8) is 0 Å². The molecule has 0 atom stereocenters. The first-order chi connectivity index (χ1) is 14.4. The van der Waals surface area contributed by atoms with Crippen molar-refractivity contribution in [1.29, 1.82) is 0 Å². The van der Waals surface area contributed by atoms with Gasteiger partial charge >= 0.3 is 6.09 Å². The Morgan fingerprint density at radius 2 is 2.03 bits per heavy atom. The van der Waals surface area contributed by atoms with Gasteiger partial charge in [-0.2, -0.15) is 4.98 Å². The number of carbonyl (C=O) groups is 1. The van der Waals surface area contributed by atoms with E-state index < -0.39 is 17.9 Å². The Hall–Kier alpha value is -1.94. The second-order valence-electron chi connectivity index (χ2n) is 7.38. The van der Waals surface area contributed by atoms with Crippen LogP contribution in [0.3, 0.4) is 0 Å². The Kier molecular flexibility index (Phi) is 7.51. The van der Waals surface area contributed by atoms with Gasteiger partial charge in [0.25, 0.3) is 0 Å². The van der Waals surface area contributed by atoms with Gasteiger partial charge in [0.15, 0.2) is 6.29 Å². The molecule has 9 nitrogen and oxygen atoms in total. The van der Waals surface area contributed by atoms with Crippen molar-refractivity contribution in [2.75, 3.05) is 26.9 Å². The smallest absolute Gasteiger partial charge is 0.404 e. The summed E-state index contributed by atoms with van der Waals surface area (Å²) in [5.74, 6) is 0. The van der Waals surface area contributed by atoms with E-state index in [-0.39, 0.29) is 17.9 Å². The molecule has 1 aliphatic carbocycles. The normalized spacial score (nSPS) is 22.0. The van der Waals surface area contributed by atoms with Gasteiger partial charge in [-0.1, -0.05) is 0 Å². The summed E-state index contributed by atoms with van der Waals surface area (Å²) in [6, 6.07) is 1.94. The Bertz CT molecular complexity index is 860. The summed E-state index contributed by atoms with van der Waals surface area (Å²) < 4.78 is 19.4. The number of rotatable bonds is 9. The van der Waals surface area contributed by atoms with E-state index >= 15 is 0 Å². The summed E-state index contributed by atoms with van der Waals surface area (Å²) >= 11 is 6.13. The van der Waals surface area contributed by atoms with Crippen molar-refractivity contribution < 1.29 is 24.1 Å². The minimum absolute atomic E-state index is 0.129. The van der Waals surface area contributed by atoms with Crippen LogP contribution in [0.2, 0.25) is 5.28 Å². The Morgan fingerprint density at radius 1 is 1.37 bits per heavy atom. The molecule has 0 aliphatic heterocycles. The van der Waals surface area contributed by atoms with Crippen LogP contribution in [0.5, 0.6) is 0 Å². The lowest BCUT2D eigenvalue weighted by Crippen LogP contribution is -2.49. The quantitative estimate of drug-likeness (QED) is 0.452. The van der Waals surface area contributed by atoms with Crippen LogP contribution in [0.4, 0.5) is 4.79 Å². The Labute approximate surface area is 180 Å². The predicted molar refractivity (Wildman–Crippen MR) is 112 cm³/mol. The molecule has 30 heavy (non-hydrogen) atoms. The van der Waals surface area contributed by atoms with Gasteiger partial charge in [0.1, 0.15) is 5.65 Å². The highest BCUT2D eigenvalue weighted by Gasteiger charge is 2.41. The zero-order valence-electron chi connectivity index (χ0n) is 17.6. The minimum Gasteiger partial charge on any atom is -0.465 e. The third kappa shape index (κ3) is 4.69. The molecule has 0 spiro atoms. The van der Waals surface area contributed by atoms with Crippen LogP contribution in [-0.4, -0.2) is 58.7 Å². The zero-order chi connectivity index (χ0) is 21.7. The number of fused-ring (bicyclic) bond motifs is 1. The average molecular weight is 441 g/mol. The Morgan fingerprint density at radius 3 is 2.60 bits per heavy atom. The highest BCUT2D eigenvalue weighted by molar-refractivity contribution is 6.28. The molecular formula is C20H29ClN4O5. The lowest BCUT2D eigenvalue weighted by molar-refractivity contribution is -0.146. The van der Waals surface area contributed by atoms with Crippen molar-refractivity contribution in [2.45, 2.75) is 57.5 Å². The molecule has 1 aliphatic rings. The number of aromatic nitrogens is 3. The number of methoxy groups -OCH3 is 1. The zero-order valence-corrected chi connectivity index (χ0v) is 18.3. The van der Waals surface area contributed by atoms with E-state index in [9.17, 15) is 9.90 Å². The number of nitrogens with one attached hydrogen (secondary N) is 1. The van der Waals surface area contributed by atoms with E-state index in [2.05, 4.69) is 15.3 Å². The van der Waals surface area contributed by atoms with Crippen LogP contribution in [0.25, 0.3) is 11.0 Å². The van der Waals surface area contributed by atoms with Crippen molar-refractivity contribution in [2.24, 2.45) is 0 Å². The molecule has 2 aromatic rings. The first-order valence-electron chi connectivity index (χ1n) is 10.2. The molecular weight excluding hydrogens is 412 g/mol. The fourth-order valence-corrected chi connectivity index (χ4v) is 4.39. The van der Waals surface area contributed by atoms with Gasteiger partial charge in [-0.25, -0.2) is 9.78 Å². The van der Waals surface area contributed by atoms with Gasteiger partial charge in [0, 0.05) is 38.5 Å². The van der Waals surface area contributed by atoms with Gasteiger partial charge in [-0.05, 0) is 57.2 Å². The average Bonchev–Trinajstić information content (AvgIpc) is 3.11. The van der Waals surface area contributed by atoms with Crippen molar-refractivity contribution >= 4 is 28.7 Å². The molecule has 0 bridgehead atoms. The van der Waals surface area contributed by atoms with Crippen molar-refractivity contribution in [1.82, 2.24) is 19.9 Å². The first kappa shape index (κ1) is 22.7. The second-order valence-corrected chi connectivity index (χ2v) is 7.72. The number of amides is 1. The largest absolute Gasteiger partial charge is 0.465 e. The SMILES string of the molecule is CCOC(OCC)c1cc2cnc(Cl)nc2n1C1(CNC(=O)O)CCC(OC)CC1. The molecule has 0 unspecified atom stereocenters. The monoisotopic (exact) mass is 440 g/mol. The second kappa shape index (κ2) is 9.91. The molecule has 0 radical (unpaired) electrons. The third-order valence-corrected chi connectivity index (χ3v) is 5.84. The molecule has 1 saturated carbocycles. The lowest BCUT2D eigenvalue weighted by Gasteiger charge is -2.43. The summed E-state index contributed by atoms with van der Waals surface area (Å²) in [6.45, 7) is 4.96. The summed E-state index contributed by atoms with van der Waals surface area (Å²) in [4.78, 5) is 20.0. The molecule has 166 valence electrons. The van der Waals surface area contributed by atoms with E-state index in [1.54, 1.807) is 13.3 Å². The molecule has 3 rings (SSSR count). The molecule has 1 amide bonds. The van der Waals surface area contributed by atoms with E-state index in [0.29, 0.717) is 31.7 Å². The minimum atomic E-state index is -1.07. The number of halogens is 1. The van der Waals surface area contributed by atoms with Gasteiger partial charge in [-0.15, -0.1) is 0 Å². The maximum absolute atomic E-state index is 11.4. The molecule has 0 saturated heterocycles. The summed E-state index contributed by atoms with van der Waals surface area (Å²) in [5.41, 5.74) is 0.847. The van der Waals surface area contributed by atoms with E-state index in [1.165, 1.54) is 0 Å². The summed E-state index contributed by atoms with van der Waals surface area (Å²) in [6.07, 6.45) is 3.12. The van der Waals surface area contributed by atoms with E-state index in [0.717, 1.165) is 23.9 Å². The van der Waals surface area contributed by atoms with Crippen molar-refractivity contribution in [3.05, 3.63) is 23.2 Å². The Balaban J connectivity index is 2.18. The standard InChI is InChI=1S/C20H29ClN4O5/c1-4-29-17(30-5-2)15-10-13-11-22-18(21)24-16(13)25(15)20(12-23-19(26)27)8-6-14(28-3)7-9-20/h10-11,14,17,23H,4-9,12H2,1-3H3,(H,26,27). The van der Waals surface area contributed by atoms with Crippen molar-refractivity contribution in [3.8, 4) is 0 Å². The number of hydrogen-bond acceptors (Lipinski definition) is 6. The number of ether oxygens (including phenoxy) is 3. The number of hydrogen-bond donors (Lipinski definition) is 2. The highest BCUT2D eigenvalue weighted by Crippen LogP contribution is 2.41. The molecule has 0 aromatic carbocycles. The maximum Gasteiger partial charge on any atom is 0.404 e. The van der Waals surface area contributed by atoms with Gasteiger partial charge in [-0.3, -0.25) is 0 Å². The van der Waals surface area contributed by atoms with Crippen LogP contribution in [0, 0.1) is 0 Å². The molecule has 10 heteroatoms. The fourth-order valence-electron chi connectivity index (χ4n) is 4.27. The maximum atomic E-state index is 11.4. The topological polar surface area (TPSA) is 108 Å². The fraction of sp³-hybridized carbons (Fsp3) is 0.650. The molecule has 2 N–H and O–H groups in total. The lowest BCUT2D eigenvalue weighted by atomic mass is 9.79. The molecule has 2 heterocycles. The van der Waals surface area contributed by atoms with Crippen LogP contribution in [0.1, 0.15) is 51.5 Å². The van der Waals surface area contributed by atoms with Gasteiger partial charge in [0.05, 0.1) is 17.3 Å². The number of carboxylic acid groups (broad SMARTS) is 1. The summed E-state index contributed by atoms with van der Waals surface area (Å²) in [7, 11) is 1.71. The highest BCUT2D eigenvalue weighted by atomic mass is 35.5. The van der Waals surface area contributed by atoms with Crippen LogP contribution in [-0.2, 0) is 19.7 Å². The summed E-state index contributed by atoms with van der Waals surface area (Å²) in [5, 5.41) is 12.8. The molecule has 1 fully saturated rings. The van der Waals surface area contributed by atoms with Crippen LogP contribution < -0.4 is 5.32 Å². The van der Waals surface area contributed by atoms with Crippen LogP contribution in [0.15, 0.2) is 12.3 Å². The van der Waals surface area contributed by atoms with E-state index in [1.807, 2.05) is 24.5 Å². The van der Waals surface area contributed by atoms with Gasteiger partial charge < -0.3 is 29.2 Å². The van der Waals surface area contributed by atoms with Crippen LogP contribution >= 0.6 is 11.6 Å². The molecule has 2 aromatic heterocycles. The third-order valence-electron chi connectivity index (χ3n) is 5.66.